The van der Waals surface area contributed by atoms with Crippen molar-refractivity contribution in [2.45, 2.75) is 25.3 Å². The Bertz CT molecular complexity index is 1210. The highest BCUT2D eigenvalue weighted by molar-refractivity contribution is 6.02. The number of benzene rings is 3. The first-order chi connectivity index (χ1) is 16.6. The molecule has 0 radical (unpaired) electrons. The molecule has 0 bridgehead atoms. The molecule has 0 unspecified atom stereocenters. The lowest BCUT2D eigenvalue weighted by Gasteiger charge is -2.42. The lowest BCUT2D eigenvalue weighted by molar-refractivity contribution is -0.127. The number of hydrogen-bond donors (Lipinski definition) is 0. The van der Waals surface area contributed by atoms with E-state index in [1.807, 2.05) is 71.6 Å². The summed E-state index contributed by atoms with van der Waals surface area (Å²) in [4.78, 5) is 31.1. The van der Waals surface area contributed by atoms with Crippen LogP contribution in [0.5, 0.6) is 11.5 Å². The third-order valence-corrected chi connectivity index (χ3v) is 6.88. The number of carbonyl (C=O) groups is 2. The van der Waals surface area contributed by atoms with Gasteiger partial charge in [0.05, 0.1) is 26.2 Å². The fourth-order valence-electron chi connectivity index (χ4n) is 5.23. The van der Waals surface area contributed by atoms with Crippen molar-refractivity contribution in [2.24, 2.45) is 5.92 Å². The van der Waals surface area contributed by atoms with Crippen molar-refractivity contribution in [1.82, 2.24) is 0 Å². The number of ether oxygens (including phenoxy) is 2. The summed E-state index contributed by atoms with van der Waals surface area (Å²) in [6.45, 7) is 0.657. The molecule has 2 atom stereocenters. The van der Waals surface area contributed by atoms with Gasteiger partial charge in [0.25, 0.3) is 0 Å². The number of carbonyl (C=O) groups excluding carboxylic acids is 2. The summed E-state index contributed by atoms with van der Waals surface area (Å²) < 4.78 is 11.0. The molecule has 2 aliphatic rings. The van der Waals surface area contributed by atoms with Crippen LogP contribution in [0.2, 0.25) is 0 Å². The molecule has 2 amide bonds. The van der Waals surface area contributed by atoms with E-state index in [0.717, 1.165) is 23.4 Å². The summed E-state index contributed by atoms with van der Waals surface area (Å²) in [6.07, 6.45) is 1.64. The number of rotatable bonds is 5. The van der Waals surface area contributed by atoms with Gasteiger partial charge >= 0.3 is 0 Å². The van der Waals surface area contributed by atoms with Gasteiger partial charge in [0.15, 0.2) is 0 Å². The van der Waals surface area contributed by atoms with Crippen LogP contribution in [0.4, 0.5) is 11.4 Å². The zero-order valence-electron chi connectivity index (χ0n) is 19.4. The lowest BCUT2D eigenvalue weighted by atomic mass is 9.82. The second kappa shape index (κ2) is 9.21. The molecule has 6 nitrogen and oxygen atoms in total. The second-order valence-corrected chi connectivity index (χ2v) is 8.66. The van der Waals surface area contributed by atoms with Gasteiger partial charge in [-0.3, -0.25) is 9.59 Å². The van der Waals surface area contributed by atoms with E-state index in [0.29, 0.717) is 30.9 Å². The van der Waals surface area contributed by atoms with Crippen LogP contribution in [0.1, 0.15) is 30.0 Å². The molecule has 0 saturated carbocycles. The van der Waals surface area contributed by atoms with Crippen LogP contribution in [0.25, 0.3) is 0 Å². The zero-order chi connectivity index (χ0) is 23.7. The summed E-state index contributed by atoms with van der Waals surface area (Å²) in [5, 5.41) is 0. The summed E-state index contributed by atoms with van der Waals surface area (Å²) >= 11 is 0. The van der Waals surface area contributed by atoms with E-state index in [1.165, 1.54) is 5.56 Å². The van der Waals surface area contributed by atoms with Crippen molar-refractivity contribution in [2.75, 3.05) is 30.6 Å². The van der Waals surface area contributed by atoms with E-state index in [4.69, 9.17) is 9.47 Å². The number of piperidine rings is 1. The number of hydrogen-bond acceptors (Lipinski definition) is 4. The maximum Gasteiger partial charge on any atom is 0.232 e. The average Bonchev–Trinajstić information content (AvgIpc) is 3.32. The predicted molar refractivity (Wildman–Crippen MR) is 131 cm³/mol. The molecule has 1 fully saturated rings. The molecule has 2 heterocycles. The van der Waals surface area contributed by atoms with Crippen molar-refractivity contribution in [3.05, 3.63) is 83.9 Å². The summed E-state index contributed by atoms with van der Waals surface area (Å²) in [7, 11) is 3.23. The predicted octanol–water partition coefficient (Wildman–Crippen LogP) is 4.78. The van der Waals surface area contributed by atoms with Crippen LogP contribution in [-0.4, -0.2) is 32.6 Å². The topological polar surface area (TPSA) is 59.1 Å². The molecular weight excluding hydrogens is 428 g/mol. The maximum atomic E-state index is 14.1. The molecule has 34 heavy (non-hydrogen) atoms. The molecule has 3 aromatic rings. The molecule has 3 aromatic carbocycles. The monoisotopic (exact) mass is 456 g/mol. The van der Waals surface area contributed by atoms with Crippen molar-refractivity contribution >= 4 is 23.2 Å². The molecule has 0 aromatic heterocycles. The molecule has 0 N–H and O–H groups in total. The molecule has 5 rings (SSSR count). The molecule has 6 heteroatoms. The summed E-state index contributed by atoms with van der Waals surface area (Å²) in [6, 6.07) is 22.7. The fourth-order valence-corrected chi connectivity index (χ4v) is 5.23. The van der Waals surface area contributed by atoms with Crippen molar-refractivity contribution in [3.8, 4) is 11.5 Å². The van der Waals surface area contributed by atoms with Crippen LogP contribution >= 0.6 is 0 Å². The number of fused-ring (bicyclic) bond motifs is 1. The first-order valence-corrected chi connectivity index (χ1v) is 11.6. The van der Waals surface area contributed by atoms with Crippen LogP contribution < -0.4 is 19.3 Å². The Morgan fingerprint density at radius 3 is 2.38 bits per heavy atom. The van der Waals surface area contributed by atoms with Gasteiger partial charge in [0.1, 0.15) is 11.5 Å². The minimum atomic E-state index is -0.481. The Balaban J connectivity index is 1.60. The number of nitrogens with zero attached hydrogens (tertiary/aromatic N) is 2. The highest BCUT2D eigenvalue weighted by Crippen LogP contribution is 2.45. The van der Waals surface area contributed by atoms with Gasteiger partial charge in [-0.05, 0) is 54.8 Å². The highest BCUT2D eigenvalue weighted by atomic mass is 16.5. The van der Waals surface area contributed by atoms with E-state index in [2.05, 4.69) is 6.07 Å². The van der Waals surface area contributed by atoms with Crippen LogP contribution in [0.3, 0.4) is 0 Å². The van der Waals surface area contributed by atoms with Gasteiger partial charge in [-0.1, -0.05) is 36.4 Å². The third-order valence-electron chi connectivity index (χ3n) is 6.88. The largest absolute Gasteiger partial charge is 0.497 e. The quantitative estimate of drug-likeness (QED) is 0.555. The second-order valence-electron chi connectivity index (χ2n) is 8.66. The summed E-state index contributed by atoms with van der Waals surface area (Å²) in [5.41, 5.74) is 3.73. The Labute approximate surface area is 199 Å². The van der Waals surface area contributed by atoms with Crippen LogP contribution in [0, 0.1) is 5.92 Å². The molecule has 174 valence electrons. The highest BCUT2D eigenvalue weighted by Gasteiger charge is 2.45. The Morgan fingerprint density at radius 2 is 1.62 bits per heavy atom. The van der Waals surface area contributed by atoms with Crippen LogP contribution in [0.15, 0.2) is 72.8 Å². The Kier molecular flexibility index (Phi) is 5.97. The van der Waals surface area contributed by atoms with E-state index in [-0.39, 0.29) is 11.8 Å². The lowest BCUT2D eigenvalue weighted by Crippen LogP contribution is -2.49. The minimum Gasteiger partial charge on any atom is -0.497 e. The summed E-state index contributed by atoms with van der Waals surface area (Å²) in [5.74, 6) is 1.02. The Hall–Kier alpha value is -3.80. The molecule has 1 saturated heterocycles. The van der Waals surface area contributed by atoms with Crippen LogP contribution in [-0.2, 0) is 16.0 Å². The van der Waals surface area contributed by atoms with Gasteiger partial charge in [-0.15, -0.1) is 0 Å². The number of anilines is 2. The van der Waals surface area contributed by atoms with Gasteiger partial charge in [0, 0.05) is 29.9 Å². The fraction of sp³-hybridized carbons (Fsp3) is 0.286. The standard InChI is InChI=1S/C28H28N2O4/c1-33-21-13-11-20(12-14-21)30-26(31)16-15-23(27(30)22-8-4-6-10-25(22)34-2)28(32)29-18-17-19-7-3-5-9-24(19)29/h3-14,23,27H,15-18H2,1-2H3/t23-,27-/m1/s1. The van der Waals surface area contributed by atoms with Gasteiger partial charge < -0.3 is 19.3 Å². The SMILES string of the molecule is COc1ccc(N2C(=O)CC[C@@H](C(=O)N3CCc4ccccc43)[C@H]2c2ccccc2OC)cc1. The third kappa shape index (κ3) is 3.79. The van der Waals surface area contributed by atoms with Crippen molar-refractivity contribution in [1.29, 1.82) is 0 Å². The molecule has 2 aliphatic heterocycles. The normalized spacial score (nSPS) is 19.6. The number of para-hydroxylation sites is 2. The van der Waals surface area contributed by atoms with Gasteiger partial charge in [0.2, 0.25) is 11.8 Å². The number of amides is 2. The smallest absolute Gasteiger partial charge is 0.232 e. The Morgan fingerprint density at radius 1 is 0.882 bits per heavy atom. The van der Waals surface area contributed by atoms with E-state index in [9.17, 15) is 9.59 Å². The molecule has 0 aliphatic carbocycles. The van der Waals surface area contributed by atoms with E-state index in [1.54, 1.807) is 19.1 Å². The average molecular weight is 457 g/mol. The van der Waals surface area contributed by atoms with E-state index >= 15 is 0 Å². The molecular formula is C28H28N2O4. The van der Waals surface area contributed by atoms with Crippen molar-refractivity contribution in [3.63, 3.8) is 0 Å². The molecule has 0 spiro atoms. The van der Waals surface area contributed by atoms with Gasteiger partial charge in [-0.25, -0.2) is 0 Å². The first kappa shape index (κ1) is 22.0. The van der Waals surface area contributed by atoms with Crippen molar-refractivity contribution < 1.29 is 19.1 Å². The zero-order valence-corrected chi connectivity index (χ0v) is 19.4. The first-order valence-electron chi connectivity index (χ1n) is 11.6. The number of methoxy groups -OCH3 is 2. The maximum absolute atomic E-state index is 14.1. The van der Waals surface area contributed by atoms with E-state index < -0.39 is 12.0 Å². The van der Waals surface area contributed by atoms with Gasteiger partial charge in [-0.2, -0.15) is 0 Å². The minimum absolute atomic E-state index is 0.00746.